The fraction of sp³-hybridized carbons (Fsp3) is 0.391. The Morgan fingerprint density at radius 1 is 0.935 bits per heavy atom. The minimum absolute atomic E-state index is 0.0370. The molecular formula is C23H26N3O5+. The highest BCUT2D eigenvalue weighted by Crippen LogP contribution is 2.41. The van der Waals surface area contributed by atoms with Crippen molar-refractivity contribution in [3.63, 3.8) is 0 Å². The molecule has 162 valence electrons. The Labute approximate surface area is 179 Å². The Hall–Kier alpha value is -3.42. The van der Waals surface area contributed by atoms with Crippen LogP contribution in [0.5, 0.6) is 11.5 Å². The number of aryl methyl sites for hydroxylation is 1. The zero-order chi connectivity index (χ0) is 22.7. The molecule has 0 fully saturated rings. The van der Waals surface area contributed by atoms with Gasteiger partial charge in [0.2, 0.25) is 0 Å². The lowest BCUT2D eigenvalue weighted by atomic mass is 9.73. The number of carbonyl (C=O) groups excluding carboxylic acids is 1. The molecule has 0 bridgehead atoms. The fourth-order valence-corrected chi connectivity index (χ4v) is 4.48. The van der Waals surface area contributed by atoms with Crippen LogP contribution < -0.4 is 25.7 Å². The highest BCUT2D eigenvalue weighted by Gasteiger charge is 2.38. The lowest BCUT2D eigenvalue weighted by Crippen LogP contribution is -2.42. The molecule has 1 aromatic carbocycles. The molecule has 0 amide bonds. The van der Waals surface area contributed by atoms with Crippen molar-refractivity contribution in [3.8, 4) is 22.6 Å². The van der Waals surface area contributed by atoms with E-state index in [0.29, 0.717) is 52.1 Å². The van der Waals surface area contributed by atoms with Gasteiger partial charge in [0.25, 0.3) is 11.2 Å². The number of ether oxygens (including phenoxy) is 2. The summed E-state index contributed by atoms with van der Waals surface area (Å²) in [7, 11) is 6.13. The van der Waals surface area contributed by atoms with Crippen molar-refractivity contribution in [1.29, 1.82) is 0 Å². The number of fused-ring (bicyclic) bond motifs is 2. The first kappa shape index (κ1) is 20.8. The number of Topliss-reactive ketones (excluding diaryl/α,β-unsaturated/α-hetero) is 1. The van der Waals surface area contributed by atoms with E-state index in [1.165, 1.54) is 18.7 Å². The Kier molecular flexibility index (Phi) is 4.76. The van der Waals surface area contributed by atoms with Gasteiger partial charge in [-0.1, -0.05) is 19.9 Å². The Morgan fingerprint density at radius 3 is 2.26 bits per heavy atom. The molecule has 0 atom stereocenters. The molecule has 1 aliphatic carbocycles. The maximum absolute atomic E-state index is 13.3. The molecule has 0 radical (unpaired) electrons. The summed E-state index contributed by atoms with van der Waals surface area (Å²) in [5, 5.41) is 0.295. The van der Waals surface area contributed by atoms with E-state index in [9.17, 15) is 14.4 Å². The van der Waals surface area contributed by atoms with Crippen LogP contribution in [0.4, 0.5) is 0 Å². The fourth-order valence-electron chi connectivity index (χ4n) is 4.48. The first-order valence-corrected chi connectivity index (χ1v) is 10.0. The van der Waals surface area contributed by atoms with E-state index in [2.05, 4.69) is 4.98 Å². The molecule has 0 unspecified atom stereocenters. The average Bonchev–Trinajstić information content (AvgIpc) is 2.73. The zero-order valence-electron chi connectivity index (χ0n) is 18.6. The van der Waals surface area contributed by atoms with Gasteiger partial charge in [-0.05, 0) is 23.1 Å². The molecule has 31 heavy (non-hydrogen) atoms. The first-order valence-electron chi connectivity index (χ1n) is 10.0. The summed E-state index contributed by atoms with van der Waals surface area (Å²) >= 11 is 0. The van der Waals surface area contributed by atoms with Crippen molar-refractivity contribution in [2.45, 2.75) is 26.7 Å². The molecule has 8 nitrogen and oxygen atoms in total. The summed E-state index contributed by atoms with van der Waals surface area (Å²) in [5.41, 5.74) is 1.65. The number of H-pyrrole nitrogens is 1. The number of aromatic nitrogens is 3. The minimum atomic E-state index is -0.459. The van der Waals surface area contributed by atoms with Crippen LogP contribution in [0.25, 0.3) is 22.2 Å². The SMILES string of the molecule is COc1ccc(-c2c3c([nH+]c4c2c(=O)n(C)c(=O)n4C)CC(C)(C)CC3=O)cc1OC. The van der Waals surface area contributed by atoms with Gasteiger partial charge in [-0.15, -0.1) is 0 Å². The molecule has 8 heteroatoms. The Morgan fingerprint density at radius 2 is 1.61 bits per heavy atom. The highest BCUT2D eigenvalue weighted by molar-refractivity contribution is 6.10. The number of benzene rings is 1. The number of pyridine rings is 1. The molecule has 0 saturated carbocycles. The molecule has 3 aromatic rings. The van der Waals surface area contributed by atoms with Crippen LogP contribution in [-0.2, 0) is 20.5 Å². The van der Waals surface area contributed by atoms with Gasteiger partial charge in [0.15, 0.2) is 17.3 Å². The van der Waals surface area contributed by atoms with Crippen LogP contribution in [0.1, 0.15) is 36.3 Å². The van der Waals surface area contributed by atoms with Gasteiger partial charge in [-0.25, -0.2) is 14.3 Å². The second-order valence-electron chi connectivity index (χ2n) is 8.79. The van der Waals surface area contributed by atoms with Crippen LogP contribution in [0.3, 0.4) is 0 Å². The molecular weight excluding hydrogens is 398 g/mol. The zero-order valence-corrected chi connectivity index (χ0v) is 18.6. The molecule has 0 aliphatic heterocycles. The number of aromatic amines is 1. The van der Waals surface area contributed by atoms with Gasteiger partial charge in [0, 0.05) is 25.5 Å². The van der Waals surface area contributed by atoms with E-state index in [1.807, 2.05) is 13.8 Å². The van der Waals surface area contributed by atoms with Crippen molar-refractivity contribution < 1.29 is 19.3 Å². The predicted octanol–water partition coefficient (Wildman–Crippen LogP) is 1.89. The maximum atomic E-state index is 13.3. The number of carbonyl (C=O) groups is 1. The summed E-state index contributed by atoms with van der Waals surface area (Å²) < 4.78 is 13.3. The first-order chi connectivity index (χ1) is 14.6. The summed E-state index contributed by atoms with van der Waals surface area (Å²) in [4.78, 5) is 42.4. The smallest absolute Gasteiger partial charge is 0.417 e. The van der Waals surface area contributed by atoms with Crippen molar-refractivity contribution in [2.24, 2.45) is 19.5 Å². The topological polar surface area (TPSA) is 93.7 Å². The van der Waals surface area contributed by atoms with E-state index >= 15 is 0 Å². The summed E-state index contributed by atoms with van der Waals surface area (Å²) in [6.45, 7) is 4.07. The number of nitrogens with zero attached hydrogens (tertiary/aromatic N) is 2. The number of ketones is 1. The van der Waals surface area contributed by atoms with Crippen LogP contribution in [0, 0.1) is 5.41 Å². The van der Waals surface area contributed by atoms with Crippen LogP contribution in [0.2, 0.25) is 0 Å². The van der Waals surface area contributed by atoms with E-state index in [4.69, 9.17) is 9.47 Å². The van der Waals surface area contributed by atoms with Gasteiger partial charge in [0.1, 0.15) is 11.1 Å². The van der Waals surface area contributed by atoms with E-state index < -0.39 is 11.2 Å². The van der Waals surface area contributed by atoms with Crippen molar-refractivity contribution in [1.82, 2.24) is 9.13 Å². The van der Waals surface area contributed by atoms with Crippen LogP contribution >= 0.6 is 0 Å². The molecule has 0 saturated heterocycles. The molecule has 0 spiro atoms. The monoisotopic (exact) mass is 424 g/mol. The van der Waals surface area contributed by atoms with Gasteiger partial charge < -0.3 is 9.47 Å². The van der Waals surface area contributed by atoms with Crippen molar-refractivity contribution in [3.05, 3.63) is 50.3 Å². The van der Waals surface area contributed by atoms with Crippen molar-refractivity contribution >= 4 is 16.8 Å². The standard InChI is InChI=1S/C23H25N3O5/c1-23(2)10-13-18(14(27)11-23)17(12-7-8-15(30-5)16(9-12)31-6)19-20(24-13)25(3)22(29)26(4)21(19)28/h7-9H,10-11H2,1-6H3/p+1. The van der Waals surface area contributed by atoms with Gasteiger partial charge in [-0.2, -0.15) is 4.57 Å². The quantitative estimate of drug-likeness (QED) is 0.640. The number of nitrogens with one attached hydrogen (secondary N) is 1. The normalized spacial score (nSPS) is 15.1. The molecule has 2 heterocycles. The number of methoxy groups -OCH3 is 2. The molecule has 4 rings (SSSR count). The Balaban J connectivity index is 2.23. The number of rotatable bonds is 3. The van der Waals surface area contributed by atoms with Crippen LogP contribution in [0.15, 0.2) is 27.8 Å². The van der Waals surface area contributed by atoms with Crippen LogP contribution in [-0.4, -0.2) is 29.1 Å². The number of hydrogen-bond acceptors (Lipinski definition) is 5. The lowest BCUT2D eigenvalue weighted by molar-refractivity contribution is -0.365. The third kappa shape index (κ3) is 3.13. The predicted molar refractivity (Wildman–Crippen MR) is 116 cm³/mol. The third-order valence-electron chi connectivity index (χ3n) is 5.98. The third-order valence-corrected chi connectivity index (χ3v) is 5.98. The maximum Gasteiger partial charge on any atom is 0.417 e. The summed E-state index contributed by atoms with van der Waals surface area (Å²) in [6.07, 6.45) is 0.986. The van der Waals surface area contributed by atoms with Crippen molar-refractivity contribution in [2.75, 3.05) is 14.2 Å². The second-order valence-corrected chi connectivity index (χ2v) is 8.79. The molecule has 1 aliphatic rings. The minimum Gasteiger partial charge on any atom is -0.493 e. The highest BCUT2D eigenvalue weighted by atomic mass is 16.5. The summed E-state index contributed by atoms with van der Waals surface area (Å²) in [5.74, 6) is 0.990. The van der Waals surface area contributed by atoms with Gasteiger partial charge >= 0.3 is 5.69 Å². The second kappa shape index (κ2) is 7.08. The van der Waals surface area contributed by atoms with E-state index in [1.54, 1.807) is 32.4 Å². The van der Waals surface area contributed by atoms with Gasteiger partial charge in [-0.3, -0.25) is 9.59 Å². The average molecular weight is 424 g/mol. The van der Waals surface area contributed by atoms with E-state index in [0.717, 1.165) is 10.3 Å². The lowest BCUT2D eigenvalue weighted by Gasteiger charge is -2.29. The van der Waals surface area contributed by atoms with E-state index in [-0.39, 0.29) is 11.2 Å². The molecule has 2 aromatic heterocycles. The summed E-state index contributed by atoms with van der Waals surface area (Å²) in [6, 6.07) is 5.30. The largest absolute Gasteiger partial charge is 0.493 e. The number of hydrogen-bond donors (Lipinski definition) is 0. The Bertz CT molecular complexity index is 1360. The molecule has 1 N–H and O–H groups in total. The van der Waals surface area contributed by atoms with Gasteiger partial charge in [0.05, 0.1) is 26.8 Å².